The second kappa shape index (κ2) is 5.44. The highest BCUT2D eigenvalue weighted by Crippen LogP contribution is 2.22. The lowest BCUT2D eigenvalue weighted by Gasteiger charge is -2.24. The highest BCUT2D eigenvalue weighted by Gasteiger charge is 2.28. The summed E-state index contributed by atoms with van der Waals surface area (Å²) >= 11 is 0. The van der Waals surface area contributed by atoms with Crippen molar-refractivity contribution < 1.29 is 14.0 Å². The first-order chi connectivity index (χ1) is 10.1. The number of aromatic nitrogens is 1. The number of carbonyl (C=O) groups excluding carboxylic acids is 2. The number of amides is 1. The Labute approximate surface area is 121 Å². The third-order valence-corrected chi connectivity index (χ3v) is 3.60. The van der Waals surface area contributed by atoms with E-state index in [0.717, 1.165) is 0 Å². The van der Waals surface area contributed by atoms with E-state index in [2.05, 4.69) is 10.3 Å². The fraction of sp³-hybridized carbons (Fsp3) is 0.188. The van der Waals surface area contributed by atoms with Crippen LogP contribution in [0.1, 0.15) is 32.7 Å². The molecule has 0 saturated carbocycles. The van der Waals surface area contributed by atoms with Crippen LogP contribution in [0.5, 0.6) is 0 Å². The smallest absolute Gasteiger partial charge is 0.251 e. The molecular weight excluding hydrogens is 271 g/mol. The number of hydrogen-bond donors (Lipinski definition) is 1. The molecule has 1 atom stereocenters. The van der Waals surface area contributed by atoms with Crippen LogP contribution in [0, 0.1) is 5.82 Å². The van der Waals surface area contributed by atoms with Gasteiger partial charge in [-0.15, -0.1) is 0 Å². The third kappa shape index (κ3) is 2.67. The Hall–Kier alpha value is -2.56. The maximum atomic E-state index is 13.2. The van der Waals surface area contributed by atoms with Gasteiger partial charge in [0.2, 0.25) is 0 Å². The molecule has 2 aromatic rings. The largest absolute Gasteiger partial charge is 0.342 e. The first-order valence-electron chi connectivity index (χ1n) is 6.68. The van der Waals surface area contributed by atoms with Crippen LogP contribution in [-0.2, 0) is 6.42 Å². The molecule has 1 amide bonds. The van der Waals surface area contributed by atoms with Crippen LogP contribution in [0.4, 0.5) is 4.39 Å². The van der Waals surface area contributed by atoms with Crippen molar-refractivity contribution in [1.29, 1.82) is 0 Å². The van der Waals surface area contributed by atoms with Gasteiger partial charge in [-0.25, -0.2) is 4.39 Å². The number of nitrogens with one attached hydrogen (secondary N) is 1. The molecule has 0 saturated heterocycles. The van der Waals surface area contributed by atoms with E-state index in [1.165, 1.54) is 30.6 Å². The van der Waals surface area contributed by atoms with Gasteiger partial charge in [0.15, 0.2) is 5.78 Å². The molecular formula is C16H13FN2O2. The van der Waals surface area contributed by atoms with Crippen LogP contribution in [0.25, 0.3) is 0 Å². The van der Waals surface area contributed by atoms with Crippen LogP contribution in [-0.4, -0.2) is 22.7 Å². The van der Waals surface area contributed by atoms with Crippen molar-refractivity contribution >= 4 is 11.7 Å². The molecule has 0 aliphatic heterocycles. The number of nitrogens with zero attached hydrogens (tertiary/aromatic N) is 1. The van der Waals surface area contributed by atoms with Crippen molar-refractivity contribution in [3.05, 3.63) is 65.2 Å². The highest BCUT2D eigenvalue weighted by molar-refractivity contribution is 6.05. The van der Waals surface area contributed by atoms with E-state index in [0.29, 0.717) is 29.5 Å². The molecule has 5 heteroatoms. The Morgan fingerprint density at radius 3 is 2.76 bits per heavy atom. The van der Waals surface area contributed by atoms with Gasteiger partial charge in [-0.05, 0) is 48.7 Å². The van der Waals surface area contributed by atoms with Crippen molar-refractivity contribution in [2.24, 2.45) is 0 Å². The Morgan fingerprint density at radius 1 is 1.24 bits per heavy atom. The summed E-state index contributed by atoms with van der Waals surface area (Å²) in [7, 11) is 0. The van der Waals surface area contributed by atoms with Crippen molar-refractivity contribution in [1.82, 2.24) is 10.3 Å². The second-order valence-electron chi connectivity index (χ2n) is 4.97. The Morgan fingerprint density at radius 2 is 2.00 bits per heavy atom. The summed E-state index contributed by atoms with van der Waals surface area (Å²) in [6.45, 7) is 0. The van der Waals surface area contributed by atoms with Gasteiger partial charge < -0.3 is 5.32 Å². The highest BCUT2D eigenvalue weighted by atomic mass is 19.1. The summed E-state index contributed by atoms with van der Waals surface area (Å²) < 4.78 is 13.2. The van der Waals surface area contributed by atoms with Gasteiger partial charge in [0.25, 0.3) is 5.91 Å². The zero-order valence-electron chi connectivity index (χ0n) is 11.2. The molecule has 3 rings (SSSR count). The average Bonchev–Trinajstić information content (AvgIpc) is 2.51. The number of halogens is 1. The minimum absolute atomic E-state index is 0.168. The first kappa shape index (κ1) is 13.4. The summed E-state index contributed by atoms with van der Waals surface area (Å²) in [6, 6.07) is 6.75. The number of ketones is 1. The Balaban J connectivity index is 1.78. The maximum Gasteiger partial charge on any atom is 0.251 e. The number of hydrogen-bond acceptors (Lipinski definition) is 3. The van der Waals surface area contributed by atoms with Gasteiger partial charge in [-0.2, -0.15) is 0 Å². The lowest BCUT2D eigenvalue weighted by atomic mass is 9.87. The van der Waals surface area contributed by atoms with Gasteiger partial charge in [0, 0.05) is 23.5 Å². The second-order valence-corrected chi connectivity index (χ2v) is 4.97. The number of pyridine rings is 1. The topological polar surface area (TPSA) is 59.1 Å². The molecule has 21 heavy (non-hydrogen) atoms. The molecule has 1 aromatic carbocycles. The summed E-state index contributed by atoms with van der Waals surface area (Å²) in [6.07, 6.45) is 4.09. The summed E-state index contributed by atoms with van der Waals surface area (Å²) in [5, 5.41) is 2.73. The summed E-state index contributed by atoms with van der Waals surface area (Å²) in [5.74, 6) is -0.819. The van der Waals surface area contributed by atoms with Crippen LogP contribution >= 0.6 is 0 Å². The van der Waals surface area contributed by atoms with Gasteiger partial charge in [0.05, 0.1) is 6.04 Å². The maximum absolute atomic E-state index is 13.2. The molecule has 0 spiro atoms. The molecule has 0 radical (unpaired) electrons. The van der Waals surface area contributed by atoms with Crippen molar-refractivity contribution in [2.45, 2.75) is 18.9 Å². The minimum Gasteiger partial charge on any atom is -0.342 e. The van der Waals surface area contributed by atoms with E-state index < -0.39 is 6.04 Å². The molecule has 1 aliphatic carbocycles. The normalized spacial score (nSPS) is 17.2. The van der Waals surface area contributed by atoms with E-state index >= 15 is 0 Å². The zero-order chi connectivity index (χ0) is 14.8. The van der Waals surface area contributed by atoms with E-state index in [-0.39, 0.29) is 17.5 Å². The van der Waals surface area contributed by atoms with Crippen molar-refractivity contribution in [2.75, 3.05) is 0 Å². The van der Waals surface area contributed by atoms with Crippen LogP contribution in [0.15, 0.2) is 42.7 Å². The van der Waals surface area contributed by atoms with Crippen molar-refractivity contribution in [3.63, 3.8) is 0 Å². The molecule has 1 heterocycles. The van der Waals surface area contributed by atoms with Gasteiger partial charge in [0.1, 0.15) is 5.82 Å². The number of aryl methyl sites for hydroxylation is 1. The molecule has 1 aliphatic rings. The molecule has 0 fully saturated rings. The number of carbonyl (C=O) groups is 2. The molecule has 4 nitrogen and oxygen atoms in total. The zero-order valence-corrected chi connectivity index (χ0v) is 11.2. The SMILES string of the molecule is O=C(NC1CCc2cc(F)ccc2C1=O)c1ccncc1. The summed E-state index contributed by atoms with van der Waals surface area (Å²) in [5.41, 5.74) is 1.65. The van der Waals surface area contributed by atoms with Crippen LogP contribution < -0.4 is 5.32 Å². The molecule has 0 bridgehead atoms. The molecule has 106 valence electrons. The van der Waals surface area contributed by atoms with Crippen molar-refractivity contribution in [3.8, 4) is 0 Å². The predicted octanol–water partition coefficient (Wildman–Crippen LogP) is 2.15. The summed E-state index contributed by atoms with van der Waals surface area (Å²) in [4.78, 5) is 28.3. The van der Waals surface area contributed by atoms with E-state index in [9.17, 15) is 14.0 Å². The first-order valence-corrected chi connectivity index (χ1v) is 6.68. The van der Waals surface area contributed by atoms with E-state index in [1.807, 2.05) is 0 Å². The lowest BCUT2D eigenvalue weighted by Crippen LogP contribution is -2.43. The van der Waals surface area contributed by atoms with Gasteiger partial charge in [-0.1, -0.05) is 0 Å². The van der Waals surface area contributed by atoms with E-state index in [1.54, 1.807) is 12.1 Å². The molecule has 1 N–H and O–H groups in total. The number of benzene rings is 1. The van der Waals surface area contributed by atoms with Crippen LogP contribution in [0.2, 0.25) is 0 Å². The quantitative estimate of drug-likeness (QED) is 0.919. The molecule has 1 aromatic heterocycles. The lowest BCUT2D eigenvalue weighted by molar-refractivity contribution is 0.0845. The minimum atomic E-state index is -0.566. The predicted molar refractivity (Wildman–Crippen MR) is 74.5 cm³/mol. The standard InChI is InChI=1S/C16H13FN2O2/c17-12-2-3-13-11(9-12)1-4-14(15(13)20)19-16(21)10-5-7-18-8-6-10/h2-3,5-9,14H,1,4H2,(H,19,21). The van der Waals surface area contributed by atoms with Gasteiger partial charge >= 0.3 is 0 Å². The number of rotatable bonds is 2. The van der Waals surface area contributed by atoms with Gasteiger partial charge in [-0.3, -0.25) is 14.6 Å². The van der Waals surface area contributed by atoms with E-state index in [4.69, 9.17) is 0 Å². The molecule has 1 unspecified atom stereocenters. The fourth-order valence-electron chi connectivity index (χ4n) is 2.51. The Kier molecular flexibility index (Phi) is 3.48. The average molecular weight is 284 g/mol. The van der Waals surface area contributed by atoms with Crippen LogP contribution in [0.3, 0.4) is 0 Å². The number of fused-ring (bicyclic) bond motifs is 1. The third-order valence-electron chi connectivity index (χ3n) is 3.60. The Bertz CT molecular complexity index is 701. The number of Topliss-reactive ketones (excluding diaryl/α,β-unsaturated/α-hetero) is 1. The fourth-order valence-corrected chi connectivity index (χ4v) is 2.51. The monoisotopic (exact) mass is 284 g/mol.